The minimum absolute atomic E-state index is 0.0755. The number of rotatable bonds is 2. The SMILES string of the molecule is CC(C)C1CCN(C(=O)c2ccc(O)c(O)c2)C1. The van der Waals surface area contributed by atoms with Crippen molar-refractivity contribution in [3.05, 3.63) is 23.8 Å². The highest BCUT2D eigenvalue weighted by Crippen LogP contribution is 2.28. The zero-order valence-corrected chi connectivity index (χ0v) is 10.8. The van der Waals surface area contributed by atoms with Gasteiger partial charge >= 0.3 is 0 Å². The Hall–Kier alpha value is -1.71. The molecular weight excluding hydrogens is 230 g/mol. The van der Waals surface area contributed by atoms with E-state index in [0.29, 0.717) is 17.4 Å². The fourth-order valence-corrected chi connectivity index (χ4v) is 2.35. The van der Waals surface area contributed by atoms with Crippen molar-refractivity contribution < 1.29 is 15.0 Å². The lowest BCUT2D eigenvalue weighted by molar-refractivity contribution is 0.0783. The van der Waals surface area contributed by atoms with Gasteiger partial charge in [-0.1, -0.05) is 13.8 Å². The summed E-state index contributed by atoms with van der Waals surface area (Å²) < 4.78 is 0. The number of benzene rings is 1. The summed E-state index contributed by atoms with van der Waals surface area (Å²) >= 11 is 0. The van der Waals surface area contributed by atoms with Crippen LogP contribution in [-0.2, 0) is 0 Å². The summed E-state index contributed by atoms with van der Waals surface area (Å²) in [7, 11) is 0. The fraction of sp³-hybridized carbons (Fsp3) is 0.500. The van der Waals surface area contributed by atoms with Crippen LogP contribution in [0.5, 0.6) is 11.5 Å². The third-order valence-corrected chi connectivity index (χ3v) is 3.68. The van der Waals surface area contributed by atoms with Gasteiger partial charge in [0.05, 0.1) is 0 Å². The van der Waals surface area contributed by atoms with Gasteiger partial charge < -0.3 is 15.1 Å². The number of hydrogen-bond donors (Lipinski definition) is 2. The van der Waals surface area contributed by atoms with Crippen LogP contribution in [0.25, 0.3) is 0 Å². The van der Waals surface area contributed by atoms with E-state index in [-0.39, 0.29) is 17.4 Å². The average molecular weight is 249 g/mol. The molecule has 4 heteroatoms. The van der Waals surface area contributed by atoms with Crippen LogP contribution in [0, 0.1) is 11.8 Å². The standard InChI is InChI=1S/C14H19NO3/c1-9(2)11-5-6-15(8-11)14(18)10-3-4-12(16)13(17)7-10/h3-4,7,9,11,16-17H,5-6,8H2,1-2H3. The van der Waals surface area contributed by atoms with E-state index in [4.69, 9.17) is 0 Å². The summed E-state index contributed by atoms with van der Waals surface area (Å²) in [5, 5.41) is 18.6. The second-order valence-electron chi connectivity index (χ2n) is 5.25. The van der Waals surface area contributed by atoms with Gasteiger partial charge in [0.1, 0.15) is 0 Å². The Morgan fingerprint density at radius 1 is 1.33 bits per heavy atom. The smallest absolute Gasteiger partial charge is 0.254 e. The van der Waals surface area contributed by atoms with Gasteiger partial charge in [-0.05, 0) is 36.5 Å². The summed E-state index contributed by atoms with van der Waals surface area (Å²) in [5.41, 5.74) is 0.426. The number of carbonyl (C=O) groups is 1. The first kappa shape index (κ1) is 12.7. The van der Waals surface area contributed by atoms with Crippen molar-refractivity contribution in [2.24, 2.45) is 11.8 Å². The Kier molecular flexibility index (Phi) is 3.45. The molecule has 18 heavy (non-hydrogen) atoms. The molecule has 1 aromatic carbocycles. The van der Waals surface area contributed by atoms with E-state index in [0.717, 1.165) is 19.5 Å². The van der Waals surface area contributed by atoms with Crippen LogP contribution in [0.4, 0.5) is 0 Å². The average Bonchev–Trinajstić information content (AvgIpc) is 2.81. The predicted molar refractivity (Wildman–Crippen MR) is 68.6 cm³/mol. The molecule has 1 aliphatic rings. The topological polar surface area (TPSA) is 60.8 Å². The first-order valence-corrected chi connectivity index (χ1v) is 6.30. The van der Waals surface area contributed by atoms with Gasteiger partial charge in [-0.15, -0.1) is 0 Å². The Morgan fingerprint density at radius 2 is 2.06 bits per heavy atom. The molecule has 98 valence electrons. The molecule has 1 amide bonds. The normalized spacial score (nSPS) is 19.5. The van der Waals surface area contributed by atoms with Crippen LogP contribution in [0.1, 0.15) is 30.6 Å². The number of carbonyl (C=O) groups excluding carboxylic acids is 1. The van der Waals surface area contributed by atoms with E-state index in [1.165, 1.54) is 12.1 Å². The molecule has 1 saturated heterocycles. The van der Waals surface area contributed by atoms with Crippen LogP contribution in [0.15, 0.2) is 18.2 Å². The van der Waals surface area contributed by atoms with Crippen LogP contribution >= 0.6 is 0 Å². The Morgan fingerprint density at radius 3 is 2.61 bits per heavy atom. The highest BCUT2D eigenvalue weighted by atomic mass is 16.3. The molecule has 2 N–H and O–H groups in total. The number of likely N-dealkylation sites (tertiary alicyclic amines) is 1. The summed E-state index contributed by atoms with van der Waals surface area (Å²) in [5.74, 6) is 0.609. The Balaban J connectivity index is 2.10. The van der Waals surface area contributed by atoms with Crippen molar-refractivity contribution in [3.63, 3.8) is 0 Å². The van der Waals surface area contributed by atoms with E-state index in [9.17, 15) is 15.0 Å². The summed E-state index contributed by atoms with van der Waals surface area (Å²) in [6.45, 7) is 5.89. The maximum absolute atomic E-state index is 12.2. The highest BCUT2D eigenvalue weighted by molar-refractivity contribution is 5.95. The van der Waals surface area contributed by atoms with Crippen LogP contribution in [-0.4, -0.2) is 34.1 Å². The van der Waals surface area contributed by atoms with Crippen LogP contribution in [0.2, 0.25) is 0 Å². The van der Waals surface area contributed by atoms with Gasteiger partial charge in [-0.3, -0.25) is 4.79 Å². The number of aromatic hydroxyl groups is 2. The molecule has 0 bridgehead atoms. The third kappa shape index (κ3) is 2.42. The molecule has 0 radical (unpaired) electrons. The van der Waals surface area contributed by atoms with Crippen LogP contribution in [0.3, 0.4) is 0 Å². The lowest BCUT2D eigenvalue weighted by atomic mass is 9.95. The van der Waals surface area contributed by atoms with Gasteiger partial charge in [0, 0.05) is 18.7 Å². The van der Waals surface area contributed by atoms with Crippen molar-refractivity contribution in [3.8, 4) is 11.5 Å². The molecule has 0 aromatic heterocycles. The number of phenolic OH excluding ortho intramolecular Hbond substituents is 2. The van der Waals surface area contributed by atoms with Crippen molar-refractivity contribution in [2.75, 3.05) is 13.1 Å². The molecule has 0 aliphatic carbocycles. The number of phenols is 2. The Bertz CT molecular complexity index is 456. The second kappa shape index (κ2) is 4.88. The van der Waals surface area contributed by atoms with Crippen LogP contribution < -0.4 is 0 Å². The van der Waals surface area contributed by atoms with Gasteiger partial charge in [0.15, 0.2) is 11.5 Å². The first-order chi connectivity index (χ1) is 8.49. The second-order valence-corrected chi connectivity index (χ2v) is 5.25. The molecule has 4 nitrogen and oxygen atoms in total. The molecule has 1 fully saturated rings. The number of nitrogens with zero attached hydrogens (tertiary/aromatic N) is 1. The zero-order valence-electron chi connectivity index (χ0n) is 10.8. The number of hydrogen-bond acceptors (Lipinski definition) is 3. The minimum atomic E-state index is -0.250. The maximum atomic E-state index is 12.2. The van der Waals surface area contributed by atoms with Crippen molar-refractivity contribution in [1.29, 1.82) is 0 Å². The van der Waals surface area contributed by atoms with Gasteiger partial charge in [0.2, 0.25) is 0 Å². The van der Waals surface area contributed by atoms with E-state index >= 15 is 0 Å². The monoisotopic (exact) mass is 249 g/mol. The van der Waals surface area contributed by atoms with Gasteiger partial charge in [0.25, 0.3) is 5.91 Å². The van der Waals surface area contributed by atoms with E-state index in [1.807, 2.05) is 4.90 Å². The summed E-state index contributed by atoms with van der Waals surface area (Å²) in [6, 6.07) is 4.21. The lowest BCUT2D eigenvalue weighted by Gasteiger charge is -2.18. The summed E-state index contributed by atoms with van der Waals surface area (Å²) in [6.07, 6.45) is 1.04. The molecule has 0 spiro atoms. The van der Waals surface area contributed by atoms with Gasteiger partial charge in [-0.2, -0.15) is 0 Å². The first-order valence-electron chi connectivity index (χ1n) is 6.30. The fourth-order valence-electron chi connectivity index (χ4n) is 2.35. The Labute approximate surface area is 107 Å². The minimum Gasteiger partial charge on any atom is -0.504 e. The third-order valence-electron chi connectivity index (χ3n) is 3.68. The molecule has 1 aliphatic heterocycles. The zero-order chi connectivity index (χ0) is 13.3. The highest BCUT2D eigenvalue weighted by Gasteiger charge is 2.28. The molecule has 1 unspecified atom stereocenters. The van der Waals surface area contributed by atoms with E-state index in [1.54, 1.807) is 6.07 Å². The lowest BCUT2D eigenvalue weighted by Crippen LogP contribution is -2.29. The van der Waals surface area contributed by atoms with E-state index < -0.39 is 0 Å². The predicted octanol–water partition coefficient (Wildman–Crippen LogP) is 2.22. The molecule has 2 rings (SSSR count). The maximum Gasteiger partial charge on any atom is 0.254 e. The molecule has 0 saturated carbocycles. The largest absolute Gasteiger partial charge is 0.504 e. The van der Waals surface area contributed by atoms with Crippen molar-refractivity contribution in [1.82, 2.24) is 4.90 Å². The van der Waals surface area contributed by atoms with E-state index in [2.05, 4.69) is 13.8 Å². The van der Waals surface area contributed by atoms with Crippen molar-refractivity contribution >= 4 is 5.91 Å². The molecule has 1 atom stereocenters. The van der Waals surface area contributed by atoms with Gasteiger partial charge in [-0.25, -0.2) is 0 Å². The summed E-state index contributed by atoms with van der Waals surface area (Å²) in [4.78, 5) is 14.0. The molecular formula is C14H19NO3. The molecule has 1 heterocycles. The van der Waals surface area contributed by atoms with Crippen molar-refractivity contribution in [2.45, 2.75) is 20.3 Å². The quantitative estimate of drug-likeness (QED) is 0.790. The molecule has 1 aromatic rings. The number of amides is 1.